The second-order valence-electron chi connectivity index (χ2n) is 5.86. The first-order chi connectivity index (χ1) is 10.6. The van der Waals surface area contributed by atoms with Crippen LogP contribution in [0.15, 0.2) is 18.2 Å². The average Bonchev–Trinajstić information content (AvgIpc) is 2.93. The Kier molecular flexibility index (Phi) is 4.34. The third kappa shape index (κ3) is 2.95. The van der Waals surface area contributed by atoms with Crippen molar-refractivity contribution in [3.8, 4) is 0 Å². The first-order valence-corrected chi connectivity index (χ1v) is 7.98. The second-order valence-corrected chi connectivity index (χ2v) is 6.27. The summed E-state index contributed by atoms with van der Waals surface area (Å²) in [5, 5.41) is 0.129. The number of carbonyl (C=O) groups excluding carboxylic acids is 2. The van der Waals surface area contributed by atoms with E-state index in [9.17, 15) is 14.0 Å². The van der Waals surface area contributed by atoms with Crippen LogP contribution >= 0.6 is 11.6 Å². The van der Waals surface area contributed by atoms with E-state index in [1.807, 2.05) is 4.90 Å². The molecule has 118 valence electrons. The number of benzene rings is 1. The van der Waals surface area contributed by atoms with Crippen LogP contribution in [0.2, 0.25) is 5.02 Å². The van der Waals surface area contributed by atoms with Gasteiger partial charge in [-0.25, -0.2) is 4.39 Å². The van der Waals surface area contributed by atoms with Gasteiger partial charge in [-0.05, 0) is 37.5 Å². The molecule has 4 nitrogen and oxygen atoms in total. The Hall–Kier alpha value is -1.62. The van der Waals surface area contributed by atoms with Crippen molar-refractivity contribution in [3.05, 3.63) is 34.6 Å². The predicted octanol–water partition coefficient (Wildman–Crippen LogP) is 2.71. The normalized spacial score (nSPS) is 22.3. The molecular formula is C16H18ClFN2O2. The van der Waals surface area contributed by atoms with Crippen LogP contribution in [0.1, 0.15) is 36.0 Å². The van der Waals surface area contributed by atoms with Crippen molar-refractivity contribution in [1.29, 1.82) is 0 Å². The number of hydrogen-bond donors (Lipinski definition) is 0. The molecular weight excluding hydrogens is 307 g/mol. The zero-order valence-corrected chi connectivity index (χ0v) is 13.0. The van der Waals surface area contributed by atoms with E-state index in [2.05, 4.69) is 0 Å². The standard InChI is InChI=1S/C16H18ClFN2O2/c17-14-9-11(18)5-6-13(14)16(22)19-7-1-3-12(10-19)20-8-2-4-15(20)21/h5-6,9,12H,1-4,7-8,10H2. The summed E-state index contributed by atoms with van der Waals surface area (Å²) in [5.41, 5.74) is 0.316. The Bertz CT molecular complexity index is 608. The number of piperidine rings is 1. The maximum absolute atomic E-state index is 13.1. The van der Waals surface area contributed by atoms with Gasteiger partial charge in [-0.2, -0.15) is 0 Å². The maximum atomic E-state index is 13.1. The van der Waals surface area contributed by atoms with Gasteiger partial charge < -0.3 is 9.80 Å². The van der Waals surface area contributed by atoms with Crippen molar-refractivity contribution in [2.75, 3.05) is 19.6 Å². The van der Waals surface area contributed by atoms with Crippen LogP contribution in [0.4, 0.5) is 4.39 Å². The Balaban J connectivity index is 1.73. The highest BCUT2D eigenvalue weighted by Gasteiger charge is 2.33. The maximum Gasteiger partial charge on any atom is 0.255 e. The molecule has 1 aromatic carbocycles. The first kappa shape index (κ1) is 15.3. The fourth-order valence-electron chi connectivity index (χ4n) is 3.28. The molecule has 0 spiro atoms. The number of amides is 2. The molecule has 1 unspecified atom stereocenters. The lowest BCUT2D eigenvalue weighted by atomic mass is 10.0. The van der Waals surface area contributed by atoms with Gasteiger partial charge in [0.1, 0.15) is 5.82 Å². The summed E-state index contributed by atoms with van der Waals surface area (Å²) in [4.78, 5) is 28.1. The minimum atomic E-state index is -0.458. The van der Waals surface area contributed by atoms with Crippen LogP contribution in [-0.4, -0.2) is 47.3 Å². The van der Waals surface area contributed by atoms with Crippen molar-refractivity contribution < 1.29 is 14.0 Å². The van der Waals surface area contributed by atoms with Gasteiger partial charge in [-0.3, -0.25) is 9.59 Å². The Morgan fingerprint density at radius 3 is 2.77 bits per heavy atom. The number of hydrogen-bond acceptors (Lipinski definition) is 2. The Morgan fingerprint density at radius 2 is 2.09 bits per heavy atom. The van der Waals surface area contributed by atoms with Crippen molar-refractivity contribution in [1.82, 2.24) is 9.80 Å². The number of carbonyl (C=O) groups is 2. The molecule has 0 N–H and O–H groups in total. The van der Waals surface area contributed by atoms with Gasteiger partial charge in [0, 0.05) is 32.1 Å². The van der Waals surface area contributed by atoms with Crippen molar-refractivity contribution in [2.45, 2.75) is 31.7 Å². The van der Waals surface area contributed by atoms with Crippen LogP contribution in [0.3, 0.4) is 0 Å². The third-order valence-electron chi connectivity index (χ3n) is 4.40. The lowest BCUT2D eigenvalue weighted by molar-refractivity contribution is -0.130. The summed E-state index contributed by atoms with van der Waals surface area (Å²) in [6.45, 7) is 1.95. The number of likely N-dealkylation sites (tertiary alicyclic amines) is 2. The van der Waals surface area contributed by atoms with E-state index >= 15 is 0 Å². The first-order valence-electron chi connectivity index (χ1n) is 7.60. The van der Waals surface area contributed by atoms with E-state index in [1.165, 1.54) is 12.1 Å². The molecule has 2 aliphatic rings. The van der Waals surface area contributed by atoms with Gasteiger partial charge in [0.25, 0.3) is 5.91 Å². The molecule has 1 aromatic rings. The van der Waals surface area contributed by atoms with Crippen LogP contribution in [0.5, 0.6) is 0 Å². The molecule has 0 bridgehead atoms. The molecule has 22 heavy (non-hydrogen) atoms. The van der Waals surface area contributed by atoms with Gasteiger partial charge in [0.2, 0.25) is 5.91 Å². The molecule has 2 fully saturated rings. The number of halogens is 2. The summed E-state index contributed by atoms with van der Waals surface area (Å²) in [5.74, 6) is -0.471. The molecule has 2 saturated heterocycles. The fraction of sp³-hybridized carbons (Fsp3) is 0.500. The van der Waals surface area contributed by atoms with Gasteiger partial charge in [0.05, 0.1) is 10.6 Å². The van der Waals surface area contributed by atoms with Gasteiger partial charge in [-0.15, -0.1) is 0 Å². The molecule has 2 amide bonds. The van der Waals surface area contributed by atoms with Crippen molar-refractivity contribution >= 4 is 23.4 Å². The SMILES string of the molecule is O=C(c1ccc(F)cc1Cl)N1CCCC(N2CCCC2=O)C1. The molecule has 0 aliphatic carbocycles. The topological polar surface area (TPSA) is 40.6 Å². The number of nitrogens with zero attached hydrogens (tertiary/aromatic N) is 2. The molecule has 0 saturated carbocycles. The largest absolute Gasteiger partial charge is 0.338 e. The molecule has 2 aliphatic heterocycles. The molecule has 6 heteroatoms. The van der Waals surface area contributed by atoms with Crippen LogP contribution in [0.25, 0.3) is 0 Å². The molecule has 0 radical (unpaired) electrons. The van der Waals surface area contributed by atoms with E-state index in [-0.39, 0.29) is 22.9 Å². The molecule has 1 atom stereocenters. The summed E-state index contributed by atoms with van der Waals surface area (Å²) in [6, 6.07) is 3.90. The van der Waals surface area contributed by atoms with E-state index in [1.54, 1.807) is 4.90 Å². The summed E-state index contributed by atoms with van der Waals surface area (Å²) >= 11 is 5.98. The highest BCUT2D eigenvalue weighted by molar-refractivity contribution is 6.33. The minimum absolute atomic E-state index is 0.0897. The zero-order chi connectivity index (χ0) is 15.7. The number of rotatable bonds is 2. The molecule has 2 heterocycles. The summed E-state index contributed by atoms with van der Waals surface area (Å²) in [6.07, 6.45) is 3.28. The van der Waals surface area contributed by atoms with E-state index in [0.717, 1.165) is 31.9 Å². The minimum Gasteiger partial charge on any atom is -0.338 e. The van der Waals surface area contributed by atoms with E-state index in [4.69, 9.17) is 11.6 Å². The molecule has 3 rings (SSSR count). The lowest BCUT2D eigenvalue weighted by Gasteiger charge is -2.37. The third-order valence-corrected chi connectivity index (χ3v) is 4.71. The van der Waals surface area contributed by atoms with Crippen LogP contribution in [-0.2, 0) is 4.79 Å². The van der Waals surface area contributed by atoms with Gasteiger partial charge in [-0.1, -0.05) is 11.6 Å². The average molecular weight is 325 g/mol. The van der Waals surface area contributed by atoms with Crippen molar-refractivity contribution in [2.24, 2.45) is 0 Å². The van der Waals surface area contributed by atoms with Crippen LogP contribution < -0.4 is 0 Å². The Morgan fingerprint density at radius 1 is 1.27 bits per heavy atom. The summed E-state index contributed by atoms with van der Waals surface area (Å²) < 4.78 is 13.1. The molecule has 0 aromatic heterocycles. The summed E-state index contributed by atoms with van der Waals surface area (Å²) in [7, 11) is 0. The zero-order valence-electron chi connectivity index (χ0n) is 12.2. The highest BCUT2D eigenvalue weighted by atomic mass is 35.5. The van der Waals surface area contributed by atoms with E-state index < -0.39 is 5.82 Å². The van der Waals surface area contributed by atoms with Gasteiger partial charge in [0.15, 0.2) is 0 Å². The quantitative estimate of drug-likeness (QED) is 0.839. The monoisotopic (exact) mass is 324 g/mol. The van der Waals surface area contributed by atoms with Crippen molar-refractivity contribution in [3.63, 3.8) is 0 Å². The smallest absolute Gasteiger partial charge is 0.255 e. The van der Waals surface area contributed by atoms with Crippen LogP contribution in [0, 0.1) is 5.82 Å². The fourth-order valence-corrected chi connectivity index (χ4v) is 3.53. The van der Waals surface area contributed by atoms with E-state index in [0.29, 0.717) is 25.1 Å². The highest BCUT2D eigenvalue weighted by Crippen LogP contribution is 2.24. The Labute approximate surface area is 133 Å². The second kappa shape index (κ2) is 6.24. The predicted molar refractivity (Wildman–Crippen MR) is 81.3 cm³/mol. The lowest BCUT2D eigenvalue weighted by Crippen LogP contribution is -2.50. The van der Waals surface area contributed by atoms with Gasteiger partial charge >= 0.3 is 0 Å².